The zero-order valence-electron chi connectivity index (χ0n) is 11.9. The van der Waals surface area contributed by atoms with Crippen LogP contribution in [0.1, 0.15) is 41.5 Å². The Morgan fingerprint density at radius 3 is 1.59 bits per heavy atom. The van der Waals surface area contributed by atoms with E-state index >= 15 is 0 Å². The van der Waals surface area contributed by atoms with Crippen LogP contribution in [-0.2, 0) is 0 Å². The highest BCUT2D eigenvalue weighted by atomic mass is 32.1. The van der Waals surface area contributed by atoms with Gasteiger partial charge in [0.05, 0.1) is 22.1 Å². The molecule has 0 bridgehead atoms. The van der Waals surface area contributed by atoms with Gasteiger partial charge in [-0.3, -0.25) is 0 Å². The van der Waals surface area contributed by atoms with Gasteiger partial charge in [0, 0.05) is 5.41 Å². The summed E-state index contributed by atoms with van der Waals surface area (Å²) >= 11 is 4.42. The van der Waals surface area contributed by atoms with Gasteiger partial charge in [0.2, 0.25) is 0 Å². The molecule has 17 heavy (non-hydrogen) atoms. The molecule has 1 aliphatic carbocycles. The van der Waals surface area contributed by atoms with Crippen molar-refractivity contribution in [3.05, 3.63) is 0 Å². The van der Waals surface area contributed by atoms with Crippen LogP contribution in [0.5, 0.6) is 0 Å². The highest BCUT2D eigenvalue weighted by Gasteiger charge is 2.72. The lowest BCUT2D eigenvalue weighted by molar-refractivity contribution is -0.258. The third-order valence-electron chi connectivity index (χ3n) is 6.03. The van der Waals surface area contributed by atoms with E-state index < -0.39 is 32.8 Å². The molecule has 5 atom stereocenters. The highest BCUT2D eigenvalue weighted by Crippen LogP contribution is 2.65. The Balaban J connectivity index is 3.56. The van der Waals surface area contributed by atoms with Crippen LogP contribution in [0.4, 0.5) is 0 Å². The summed E-state index contributed by atoms with van der Waals surface area (Å²) in [7, 11) is 1.81. The third kappa shape index (κ3) is 1.43. The fourth-order valence-corrected chi connectivity index (χ4v) is 3.64. The maximum atomic E-state index is 10.9. The molecule has 5 unspecified atom stereocenters. The van der Waals surface area contributed by atoms with E-state index in [2.05, 4.69) is 12.6 Å². The molecule has 0 spiro atoms. The first-order valence-electron chi connectivity index (χ1n) is 6.01. The lowest BCUT2D eigenvalue weighted by Crippen LogP contribution is -2.77. The molecule has 3 N–H and O–H groups in total. The van der Waals surface area contributed by atoms with Gasteiger partial charge in [0.15, 0.2) is 0 Å². The maximum Gasteiger partial charge on any atom is 0.116 e. The predicted octanol–water partition coefficient (Wildman–Crippen LogP) is 0.389. The van der Waals surface area contributed by atoms with Gasteiger partial charge in [-0.15, -0.1) is 0 Å². The van der Waals surface area contributed by atoms with Gasteiger partial charge in [0.1, 0.15) is 7.85 Å². The van der Waals surface area contributed by atoms with Crippen molar-refractivity contribution in [2.75, 3.05) is 0 Å². The van der Waals surface area contributed by atoms with Gasteiger partial charge in [-0.05, 0) is 26.1 Å². The van der Waals surface area contributed by atoms with Crippen LogP contribution >= 0.6 is 12.6 Å². The molecule has 0 aliphatic heterocycles. The van der Waals surface area contributed by atoms with Crippen LogP contribution in [-0.4, -0.2) is 45.2 Å². The van der Waals surface area contributed by atoms with E-state index in [0.717, 1.165) is 0 Å². The van der Waals surface area contributed by atoms with Crippen molar-refractivity contribution in [1.82, 2.24) is 0 Å². The minimum atomic E-state index is -1.28. The Labute approximate surface area is 110 Å². The quantitative estimate of drug-likeness (QED) is 0.376. The second-order valence-electron chi connectivity index (χ2n) is 7.02. The van der Waals surface area contributed by atoms with Crippen molar-refractivity contribution in [2.45, 2.75) is 68.9 Å². The Kier molecular flexibility index (Phi) is 3.11. The smallest absolute Gasteiger partial charge is 0.116 e. The molecule has 1 rings (SSSR count). The number of hydrogen-bond acceptors (Lipinski definition) is 4. The van der Waals surface area contributed by atoms with Crippen molar-refractivity contribution < 1.29 is 15.3 Å². The predicted molar refractivity (Wildman–Crippen MR) is 75.3 cm³/mol. The van der Waals surface area contributed by atoms with Crippen LogP contribution in [0.3, 0.4) is 0 Å². The van der Waals surface area contributed by atoms with Crippen LogP contribution in [0.25, 0.3) is 0 Å². The summed E-state index contributed by atoms with van der Waals surface area (Å²) in [5, 5.41) is 30.8. The lowest BCUT2D eigenvalue weighted by atomic mass is 9.38. The Morgan fingerprint density at radius 1 is 0.882 bits per heavy atom. The number of hydrogen-bond donors (Lipinski definition) is 4. The minimum absolute atomic E-state index is 0.639. The van der Waals surface area contributed by atoms with Gasteiger partial charge >= 0.3 is 0 Å². The summed E-state index contributed by atoms with van der Waals surface area (Å²) in [6, 6.07) is 0. The van der Waals surface area contributed by atoms with Gasteiger partial charge < -0.3 is 15.3 Å². The minimum Gasteiger partial charge on any atom is -0.390 e. The molecule has 0 aromatic rings. The van der Waals surface area contributed by atoms with Crippen molar-refractivity contribution in [3.8, 4) is 0 Å². The molecule has 1 fully saturated rings. The van der Waals surface area contributed by atoms with Gasteiger partial charge in [-0.2, -0.15) is 12.6 Å². The molecule has 100 valence electrons. The molecule has 0 amide bonds. The maximum absolute atomic E-state index is 10.9. The fourth-order valence-electron chi connectivity index (χ4n) is 3.00. The summed E-state index contributed by atoms with van der Waals surface area (Å²) in [5.74, 6) is 0. The van der Waals surface area contributed by atoms with E-state index in [9.17, 15) is 15.3 Å². The fraction of sp³-hybridized carbons (Fsp3) is 1.00. The Hall–Kier alpha value is 0.295. The second-order valence-corrected chi connectivity index (χ2v) is 7.54. The number of thiol groups is 1. The molecular formula is C12H25BO3S. The van der Waals surface area contributed by atoms with Crippen molar-refractivity contribution in [2.24, 2.45) is 5.41 Å². The Morgan fingerprint density at radius 2 is 1.24 bits per heavy atom. The summed E-state index contributed by atoms with van der Waals surface area (Å²) < 4.78 is 0. The monoisotopic (exact) mass is 260 g/mol. The molecular weight excluding hydrogens is 235 g/mol. The van der Waals surface area contributed by atoms with E-state index in [4.69, 9.17) is 0 Å². The van der Waals surface area contributed by atoms with Crippen molar-refractivity contribution in [1.29, 1.82) is 0 Å². The second kappa shape index (κ2) is 3.44. The topological polar surface area (TPSA) is 60.7 Å². The summed E-state index contributed by atoms with van der Waals surface area (Å²) in [4.78, 5) is 0. The first-order chi connectivity index (χ1) is 7.15. The molecule has 3 nitrogen and oxygen atoms in total. The molecule has 5 heteroatoms. The molecule has 0 aromatic carbocycles. The average Bonchev–Trinajstić information content (AvgIpc) is 2.13. The van der Waals surface area contributed by atoms with Crippen molar-refractivity contribution in [3.63, 3.8) is 0 Å². The normalized spacial score (nSPS) is 59.1. The van der Waals surface area contributed by atoms with E-state index in [1.165, 1.54) is 0 Å². The average molecular weight is 260 g/mol. The highest BCUT2D eigenvalue weighted by molar-refractivity contribution is 7.81. The van der Waals surface area contributed by atoms with E-state index in [0.29, 0.717) is 0 Å². The number of aliphatic hydroxyl groups is 3. The van der Waals surface area contributed by atoms with E-state index in [1.54, 1.807) is 20.8 Å². The van der Waals surface area contributed by atoms with E-state index in [-0.39, 0.29) is 0 Å². The molecule has 0 saturated heterocycles. The molecule has 1 saturated carbocycles. The first kappa shape index (κ1) is 15.4. The molecule has 0 aromatic heterocycles. The Bertz CT molecular complexity index is 305. The molecule has 1 aliphatic rings. The molecule has 0 heterocycles. The van der Waals surface area contributed by atoms with E-state index in [1.807, 2.05) is 28.6 Å². The van der Waals surface area contributed by atoms with Gasteiger partial charge in [-0.25, -0.2) is 0 Å². The summed E-state index contributed by atoms with van der Waals surface area (Å²) in [6.07, 6.45) is 0. The molecule has 0 radical (unpaired) electrons. The third-order valence-corrected chi connectivity index (χ3v) is 7.04. The zero-order valence-corrected chi connectivity index (χ0v) is 12.8. The van der Waals surface area contributed by atoms with Crippen LogP contribution < -0.4 is 0 Å². The van der Waals surface area contributed by atoms with Gasteiger partial charge in [0.25, 0.3) is 0 Å². The SMILES string of the molecule is BC1(C)C(C)(O)C(S)C(C)(O)C(C)(C)C1(C)O. The summed E-state index contributed by atoms with van der Waals surface area (Å²) in [5.41, 5.74) is -4.58. The van der Waals surface area contributed by atoms with Crippen LogP contribution in [0, 0.1) is 5.41 Å². The largest absolute Gasteiger partial charge is 0.390 e. The zero-order chi connectivity index (χ0) is 14.1. The van der Waals surface area contributed by atoms with Crippen LogP contribution in [0.15, 0.2) is 0 Å². The van der Waals surface area contributed by atoms with Gasteiger partial charge in [-0.1, -0.05) is 20.8 Å². The lowest BCUT2D eigenvalue weighted by Gasteiger charge is -2.68. The number of rotatable bonds is 0. The standard InChI is InChI=1S/C12H25BO3S/c1-8(2)9(3,14)7(17)10(4,15)11(5,13)12(8,6)16/h7,14-17H,13H2,1-6H3. The van der Waals surface area contributed by atoms with Crippen LogP contribution in [0.2, 0.25) is 5.31 Å². The summed E-state index contributed by atoms with van der Waals surface area (Å²) in [6.45, 7) is 10.4. The van der Waals surface area contributed by atoms with Crippen molar-refractivity contribution >= 4 is 20.5 Å². The first-order valence-corrected chi connectivity index (χ1v) is 6.52.